The first kappa shape index (κ1) is 31.4. The van der Waals surface area contributed by atoms with E-state index < -0.39 is 29.6 Å². The Kier molecular flexibility index (Phi) is 10.7. The fourth-order valence-corrected chi connectivity index (χ4v) is 4.10. The molecule has 1 aliphatic heterocycles. The fraction of sp³-hybridized carbons (Fsp3) is 0.500. The predicted molar refractivity (Wildman–Crippen MR) is 146 cm³/mol. The maximum atomic E-state index is 13.6. The molecule has 0 aliphatic carbocycles. The Morgan fingerprint density at radius 3 is 2.54 bits per heavy atom. The number of anilines is 3. The monoisotopic (exact) mass is 577 g/mol. The zero-order valence-electron chi connectivity index (χ0n) is 23.1. The molecular weight excluding hydrogens is 543 g/mol. The molecule has 0 radical (unpaired) electrons. The number of nitrogen functional groups attached to an aromatic ring is 1. The van der Waals surface area contributed by atoms with Gasteiger partial charge in [-0.25, -0.2) is 0 Å². The average molecular weight is 578 g/mol. The fourth-order valence-electron chi connectivity index (χ4n) is 4.10. The summed E-state index contributed by atoms with van der Waals surface area (Å²) in [6.45, 7) is 8.10. The number of piperazine rings is 1. The van der Waals surface area contributed by atoms with E-state index in [-0.39, 0.29) is 47.6 Å². The first-order chi connectivity index (χ1) is 19.4. The van der Waals surface area contributed by atoms with Crippen LogP contribution in [0.2, 0.25) is 0 Å². The van der Waals surface area contributed by atoms with Crippen LogP contribution in [0.1, 0.15) is 41.8 Å². The molecule has 3 rings (SSSR count). The second-order valence-corrected chi connectivity index (χ2v) is 9.56. The molecule has 0 spiro atoms. The quantitative estimate of drug-likeness (QED) is 0.291. The van der Waals surface area contributed by atoms with Gasteiger partial charge in [-0.2, -0.15) is 28.4 Å². The number of nitriles is 1. The third-order valence-corrected chi connectivity index (χ3v) is 6.36. The van der Waals surface area contributed by atoms with Crippen molar-refractivity contribution in [2.45, 2.75) is 32.5 Å². The van der Waals surface area contributed by atoms with Crippen molar-refractivity contribution in [2.24, 2.45) is 0 Å². The summed E-state index contributed by atoms with van der Waals surface area (Å²) in [7, 11) is 2.05. The van der Waals surface area contributed by atoms with Gasteiger partial charge in [0, 0.05) is 44.0 Å². The maximum absolute atomic E-state index is 13.6. The van der Waals surface area contributed by atoms with Crippen LogP contribution in [0, 0.1) is 11.3 Å². The molecular formula is C26H34F3N9O3. The van der Waals surface area contributed by atoms with E-state index in [1.807, 2.05) is 6.07 Å². The van der Waals surface area contributed by atoms with Crippen molar-refractivity contribution >= 4 is 29.3 Å². The number of carbonyl (C=O) groups is 2. The lowest BCUT2D eigenvalue weighted by Crippen LogP contribution is -2.45. The smallest absolute Gasteiger partial charge is 0.416 e. The van der Waals surface area contributed by atoms with E-state index in [1.54, 1.807) is 6.92 Å². The zero-order valence-corrected chi connectivity index (χ0v) is 23.1. The zero-order chi connectivity index (χ0) is 30.2. The van der Waals surface area contributed by atoms with E-state index >= 15 is 0 Å². The molecule has 2 heterocycles. The highest BCUT2D eigenvalue weighted by atomic mass is 19.4. The molecule has 1 aliphatic rings. The van der Waals surface area contributed by atoms with Gasteiger partial charge in [-0.3, -0.25) is 9.59 Å². The molecule has 41 heavy (non-hydrogen) atoms. The van der Waals surface area contributed by atoms with E-state index in [9.17, 15) is 28.0 Å². The molecule has 12 nitrogen and oxygen atoms in total. The number of rotatable bonds is 11. The first-order valence-electron chi connectivity index (χ1n) is 13.1. The van der Waals surface area contributed by atoms with Crippen molar-refractivity contribution in [3.8, 4) is 11.9 Å². The van der Waals surface area contributed by atoms with E-state index in [1.165, 1.54) is 13.0 Å². The van der Waals surface area contributed by atoms with Gasteiger partial charge in [-0.15, -0.1) is 0 Å². The largest absolute Gasteiger partial charge is 0.477 e. The SMILES string of the molecule is CCOc1nc(N)nc(N[C@@H](C)C(=O)Nc2cc(C(=O)NCCCN3CCN(C)CC3)cc(C(F)(F)F)c2)c1C#N. The second kappa shape index (κ2) is 14.0. The average Bonchev–Trinajstić information content (AvgIpc) is 2.91. The molecule has 2 amide bonds. The molecule has 0 saturated carbocycles. The number of halogens is 3. The predicted octanol–water partition coefficient (Wildman–Crippen LogP) is 2.15. The van der Waals surface area contributed by atoms with E-state index in [4.69, 9.17) is 10.5 Å². The molecule has 1 aromatic heterocycles. The summed E-state index contributed by atoms with van der Waals surface area (Å²) in [4.78, 5) is 37.9. The van der Waals surface area contributed by atoms with E-state index in [0.717, 1.165) is 44.9 Å². The van der Waals surface area contributed by atoms with Crippen LogP contribution in [0.15, 0.2) is 18.2 Å². The minimum absolute atomic E-state index is 0.0744. The van der Waals surface area contributed by atoms with Crippen LogP contribution < -0.4 is 26.4 Å². The van der Waals surface area contributed by atoms with E-state index in [2.05, 4.69) is 42.8 Å². The lowest BCUT2D eigenvalue weighted by molar-refractivity contribution is -0.137. The summed E-state index contributed by atoms with van der Waals surface area (Å²) in [5, 5.41) is 17.3. The number of benzene rings is 1. The van der Waals surface area contributed by atoms with Crippen molar-refractivity contribution in [2.75, 3.05) is 69.3 Å². The highest BCUT2D eigenvalue weighted by Crippen LogP contribution is 2.32. The number of nitrogens with two attached hydrogens (primary N) is 1. The third-order valence-electron chi connectivity index (χ3n) is 6.36. The first-order valence-corrected chi connectivity index (χ1v) is 13.1. The van der Waals surface area contributed by atoms with Crippen LogP contribution in [-0.4, -0.2) is 90.5 Å². The lowest BCUT2D eigenvalue weighted by Gasteiger charge is -2.32. The minimum atomic E-state index is -4.75. The highest BCUT2D eigenvalue weighted by Gasteiger charge is 2.32. The Bertz CT molecular complexity index is 1280. The van der Waals surface area contributed by atoms with Crippen LogP contribution in [0.4, 0.5) is 30.6 Å². The van der Waals surface area contributed by atoms with Crippen LogP contribution in [0.5, 0.6) is 5.88 Å². The molecule has 1 aromatic carbocycles. The van der Waals surface area contributed by atoms with Crippen molar-refractivity contribution in [1.29, 1.82) is 5.26 Å². The summed E-state index contributed by atoms with van der Waals surface area (Å²) < 4.78 is 46.2. The number of carbonyl (C=O) groups excluding carboxylic acids is 2. The third kappa shape index (κ3) is 8.92. The molecule has 1 saturated heterocycles. The lowest BCUT2D eigenvalue weighted by atomic mass is 10.1. The van der Waals surface area contributed by atoms with Crippen LogP contribution in [-0.2, 0) is 11.0 Å². The number of hydrogen-bond donors (Lipinski definition) is 4. The molecule has 0 unspecified atom stereocenters. The second-order valence-electron chi connectivity index (χ2n) is 9.56. The van der Waals surface area contributed by atoms with Crippen molar-refractivity contribution in [3.63, 3.8) is 0 Å². The molecule has 2 aromatic rings. The van der Waals surface area contributed by atoms with Gasteiger partial charge in [0.1, 0.15) is 12.1 Å². The van der Waals surface area contributed by atoms with Gasteiger partial charge in [0.25, 0.3) is 5.91 Å². The highest BCUT2D eigenvalue weighted by molar-refractivity contribution is 5.99. The van der Waals surface area contributed by atoms with Crippen molar-refractivity contribution in [1.82, 2.24) is 25.1 Å². The Morgan fingerprint density at radius 2 is 1.90 bits per heavy atom. The van der Waals surface area contributed by atoms with Crippen LogP contribution >= 0.6 is 0 Å². The Morgan fingerprint density at radius 1 is 1.20 bits per heavy atom. The Hall–Kier alpha value is -4.16. The van der Waals surface area contributed by atoms with Gasteiger partial charge in [0.15, 0.2) is 11.4 Å². The van der Waals surface area contributed by atoms with Gasteiger partial charge < -0.3 is 36.2 Å². The molecule has 5 N–H and O–H groups in total. The number of hydrogen-bond acceptors (Lipinski definition) is 10. The number of nitrogens with one attached hydrogen (secondary N) is 3. The van der Waals surface area contributed by atoms with Crippen molar-refractivity contribution in [3.05, 3.63) is 34.9 Å². The summed E-state index contributed by atoms with van der Waals surface area (Å²) in [6.07, 6.45) is -4.11. The molecule has 15 heteroatoms. The van der Waals surface area contributed by atoms with Gasteiger partial charge in [-0.1, -0.05) is 0 Å². The summed E-state index contributed by atoms with van der Waals surface area (Å²) in [6, 6.07) is 3.46. The number of ether oxygens (including phenoxy) is 1. The van der Waals surface area contributed by atoms with Gasteiger partial charge >= 0.3 is 6.18 Å². The molecule has 1 atom stereocenters. The maximum Gasteiger partial charge on any atom is 0.416 e. The number of likely N-dealkylation sites (N-methyl/N-ethyl adjacent to an activating group) is 1. The minimum Gasteiger partial charge on any atom is -0.477 e. The Labute approximate surface area is 236 Å². The topological polar surface area (TPSA) is 162 Å². The summed E-state index contributed by atoms with van der Waals surface area (Å²) >= 11 is 0. The van der Waals surface area contributed by atoms with Crippen LogP contribution in [0.3, 0.4) is 0 Å². The van der Waals surface area contributed by atoms with Gasteiger partial charge in [0.05, 0.1) is 12.2 Å². The molecule has 222 valence electrons. The number of nitrogens with zero attached hydrogens (tertiary/aromatic N) is 5. The van der Waals surface area contributed by atoms with Crippen LogP contribution in [0.25, 0.3) is 0 Å². The number of aromatic nitrogens is 2. The van der Waals surface area contributed by atoms with Gasteiger partial charge in [0.2, 0.25) is 17.7 Å². The summed E-state index contributed by atoms with van der Waals surface area (Å²) in [5.74, 6) is -1.79. The van der Waals surface area contributed by atoms with Crippen molar-refractivity contribution < 1.29 is 27.5 Å². The number of alkyl halides is 3. The van der Waals surface area contributed by atoms with Gasteiger partial charge in [-0.05, 0) is 52.1 Å². The Balaban J connectivity index is 1.68. The summed E-state index contributed by atoms with van der Waals surface area (Å²) in [5.41, 5.74) is 4.03. The molecule has 1 fully saturated rings. The molecule has 0 bridgehead atoms. The number of amides is 2. The normalized spacial score (nSPS) is 15.0. The van der Waals surface area contributed by atoms with E-state index in [0.29, 0.717) is 6.42 Å². The standard InChI is InChI=1S/C26H34F3N9O3/c1-4-41-24-20(15-30)21(35-25(31)36-24)33-16(2)22(39)34-19-13-17(12-18(14-19)26(27,28)29)23(40)32-6-5-7-38-10-8-37(3)9-11-38/h12-14,16H,4-11H2,1-3H3,(H,32,40)(H,34,39)(H3,31,33,35,36)/t16-/m0/s1.